The summed E-state index contributed by atoms with van der Waals surface area (Å²) in [5.41, 5.74) is 2.61. The number of benzene rings is 3. The van der Waals surface area contributed by atoms with Crippen LogP contribution in [-0.4, -0.2) is 53.9 Å². The molecule has 0 spiro atoms. The molecule has 0 aromatic heterocycles. The zero-order valence-corrected chi connectivity index (χ0v) is 20.9. The van der Waals surface area contributed by atoms with E-state index in [1.54, 1.807) is 59.5 Å². The largest absolute Gasteiger partial charge is 0.491 e. The van der Waals surface area contributed by atoms with Crippen molar-refractivity contribution in [2.24, 2.45) is 0 Å². The maximum absolute atomic E-state index is 13.5. The molecule has 3 aromatic carbocycles. The lowest BCUT2D eigenvalue weighted by molar-refractivity contribution is -0.122. The minimum atomic E-state index is -0.825. The summed E-state index contributed by atoms with van der Waals surface area (Å²) in [4.78, 5) is 17.1. The van der Waals surface area contributed by atoms with Crippen molar-refractivity contribution in [2.45, 2.75) is 12.1 Å². The fourth-order valence-corrected chi connectivity index (χ4v) is 4.67. The van der Waals surface area contributed by atoms with Gasteiger partial charge in [0.25, 0.3) is 0 Å². The van der Waals surface area contributed by atoms with E-state index in [0.717, 1.165) is 5.56 Å². The third-order valence-corrected chi connectivity index (χ3v) is 6.57. The second kappa shape index (κ2) is 11.7. The van der Waals surface area contributed by atoms with Gasteiger partial charge in [0.05, 0.1) is 47.6 Å². The Bertz CT molecular complexity index is 1250. The molecule has 1 amide bonds. The van der Waals surface area contributed by atoms with Crippen molar-refractivity contribution in [3.63, 3.8) is 0 Å². The normalized spacial score (nSPS) is 17.0. The number of nitrogens with zero attached hydrogens (tertiary/aromatic N) is 3. The van der Waals surface area contributed by atoms with Crippen LogP contribution in [0.2, 0.25) is 10.0 Å². The molecule has 1 saturated heterocycles. The van der Waals surface area contributed by atoms with Gasteiger partial charge >= 0.3 is 0 Å². The van der Waals surface area contributed by atoms with Gasteiger partial charge in [-0.3, -0.25) is 9.69 Å². The first kappa shape index (κ1) is 26.0. The lowest BCUT2D eigenvalue weighted by Crippen LogP contribution is -2.53. The second-order valence-corrected chi connectivity index (χ2v) is 9.30. The summed E-state index contributed by atoms with van der Waals surface area (Å²) in [5.74, 6) is 0.330. The summed E-state index contributed by atoms with van der Waals surface area (Å²) in [6.45, 7) is 0.822. The molecule has 4 rings (SSSR count). The zero-order chi connectivity index (χ0) is 25.7. The Kier molecular flexibility index (Phi) is 8.47. The van der Waals surface area contributed by atoms with Crippen LogP contribution in [0.3, 0.4) is 0 Å². The van der Waals surface area contributed by atoms with Gasteiger partial charge < -0.3 is 19.8 Å². The predicted molar refractivity (Wildman–Crippen MR) is 138 cm³/mol. The molecule has 0 saturated carbocycles. The maximum Gasteiger partial charge on any atom is 0.241 e. The van der Waals surface area contributed by atoms with Gasteiger partial charge in [-0.1, -0.05) is 47.5 Å². The quantitative estimate of drug-likeness (QED) is 0.453. The SMILES string of the molecule is N#Cc1ccc([C@H](O)CN2CC(=O)N(c3ccc(OCCO)cc3Cl)[C@H](c3ccc(Cl)cc3)C2)cc1. The number of nitriles is 1. The number of rotatable bonds is 8. The highest BCUT2D eigenvalue weighted by Crippen LogP contribution is 2.38. The molecule has 186 valence electrons. The monoisotopic (exact) mass is 525 g/mol. The topological polar surface area (TPSA) is 97.0 Å². The first-order chi connectivity index (χ1) is 17.4. The molecule has 9 heteroatoms. The molecule has 3 aromatic rings. The highest BCUT2D eigenvalue weighted by Gasteiger charge is 2.36. The molecule has 0 radical (unpaired) electrons. The number of halogens is 2. The van der Waals surface area contributed by atoms with E-state index < -0.39 is 6.10 Å². The van der Waals surface area contributed by atoms with Crippen molar-refractivity contribution in [1.82, 2.24) is 4.90 Å². The average molecular weight is 526 g/mol. The minimum absolute atomic E-state index is 0.0938. The Morgan fingerprint density at radius 1 is 1.08 bits per heavy atom. The summed E-state index contributed by atoms with van der Waals surface area (Å²) in [6.07, 6.45) is -0.825. The minimum Gasteiger partial charge on any atom is -0.491 e. The maximum atomic E-state index is 13.5. The first-order valence-corrected chi connectivity index (χ1v) is 12.2. The molecule has 1 aliphatic rings. The number of aliphatic hydroxyl groups excluding tert-OH is 2. The van der Waals surface area contributed by atoms with Crippen LogP contribution in [0.5, 0.6) is 5.75 Å². The van der Waals surface area contributed by atoms with Gasteiger partial charge in [0, 0.05) is 24.2 Å². The molecule has 0 bridgehead atoms. The van der Waals surface area contributed by atoms with Crippen molar-refractivity contribution in [1.29, 1.82) is 5.26 Å². The third kappa shape index (κ3) is 5.98. The standard InChI is InChI=1S/C27H25Cl2N3O4/c28-21-7-5-19(6-8-21)25-15-31(16-26(34)20-3-1-18(14-30)2-4-20)17-27(35)32(25)24-10-9-22(13-23(24)29)36-12-11-33/h1-10,13,25-26,33-34H,11-12,15-17H2/t25-,26+/m0/s1. The molecular weight excluding hydrogens is 501 g/mol. The highest BCUT2D eigenvalue weighted by atomic mass is 35.5. The van der Waals surface area contributed by atoms with Crippen LogP contribution in [0.4, 0.5) is 5.69 Å². The van der Waals surface area contributed by atoms with E-state index in [1.807, 2.05) is 17.0 Å². The Balaban J connectivity index is 1.60. The van der Waals surface area contributed by atoms with E-state index in [1.165, 1.54) is 0 Å². The number of piperazine rings is 1. The van der Waals surface area contributed by atoms with E-state index in [0.29, 0.717) is 39.2 Å². The average Bonchev–Trinajstić information content (AvgIpc) is 2.88. The molecule has 2 atom stereocenters. The van der Waals surface area contributed by atoms with Gasteiger partial charge in [-0.25, -0.2) is 0 Å². The second-order valence-electron chi connectivity index (χ2n) is 8.46. The molecule has 1 aliphatic heterocycles. The van der Waals surface area contributed by atoms with E-state index in [-0.39, 0.29) is 38.3 Å². The van der Waals surface area contributed by atoms with Gasteiger partial charge in [0.2, 0.25) is 5.91 Å². The van der Waals surface area contributed by atoms with Crippen LogP contribution in [0.15, 0.2) is 66.7 Å². The third-order valence-electron chi connectivity index (χ3n) is 6.02. The van der Waals surface area contributed by atoms with Crippen LogP contribution < -0.4 is 9.64 Å². The molecule has 0 unspecified atom stereocenters. The summed E-state index contributed by atoms with van der Waals surface area (Å²) in [7, 11) is 0. The molecule has 7 nitrogen and oxygen atoms in total. The van der Waals surface area contributed by atoms with Crippen LogP contribution in [-0.2, 0) is 4.79 Å². The van der Waals surface area contributed by atoms with E-state index >= 15 is 0 Å². The van der Waals surface area contributed by atoms with Gasteiger partial charge in [0.15, 0.2) is 0 Å². The number of aliphatic hydroxyl groups is 2. The van der Waals surface area contributed by atoms with Crippen LogP contribution >= 0.6 is 23.2 Å². The Morgan fingerprint density at radius 2 is 1.81 bits per heavy atom. The Morgan fingerprint density at radius 3 is 2.44 bits per heavy atom. The lowest BCUT2D eigenvalue weighted by atomic mass is 9.99. The number of amides is 1. The van der Waals surface area contributed by atoms with Gasteiger partial charge in [-0.05, 0) is 47.5 Å². The first-order valence-electron chi connectivity index (χ1n) is 11.4. The molecule has 1 heterocycles. The van der Waals surface area contributed by atoms with Crippen LogP contribution in [0, 0.1) is 11.3 Å². The Hall–Kier alpha value is -3.12. The number of β-amino-alcohol motifs (C(OH)–C–C–N with tert-alkyl or cyclic N) is 1. The van der Waals surface area contributed by atoms with E-state index in [9.17, 15) is 9.90 Å². The predicted octanol–water partition coefficient (Wildman–Crippen LogP) is 4.36. The smallest absolute Gasteiger partial charge is 0.241 e. The van der Waals surface area contributed by atoms with Crippen molar-refractivity contribution in [3.05, 3.63) is 93.5 Å². The molecule has 2 N–H and O–H groups in total. The Labute approximate surface area is 219 Å². The summed E-state index contributed by atoms with van der Waals surface area (Å²) >= 11 is 12.7. The molecule has 1 fully saturated rings. The highest BCUT2D eigenvalue weighted by molar-refractivity contribution is 6.34. The number of ether oxygens (including phenoxy) is 1. The molecule has 0 aliphatic carbocycles. The van der Waals surface area contributed by atoms with E-state index in [4.69, 9.17) is 38.3 Å². The van der Waals surface area contributed by atoms with Crippen molar-refractivity contribution >= 4 is 34.8 Å². The summed E-state index contributed by atoms with van der Waals surface area (Å²) < 4.78 is 5.44. The fraction of sp³-hybridized carbons (Fsp3) is 0.259. The number of anilines is 1. The van der Waals surface area contributed by atoms with E-state index in [2.05, 4.69) is 6.07 Å². The van der Waals surface area contributed by atoms with Gasteiger partial charge in [0.1, 0.15) is 12.4 Å². The lowest BCUT2D eigenvalue weighted by Gasteiger charge is -2.42. The summed E-state index contributed by atoms with van der Waals surface area (Å²) in [5, 5.41) is 29.8. The number of hydrogen-bond donors (Lipinski definition) is 2. The van der Waals surface area contributed by atoms with Crippen molar-refractivity contribution in [3.8, 4) is 11.8 Å². The van der Waals surface area contributed by atoms with Crippen LogP contribution in [0.25, 0.3) is 0 Å². The fourth-order valence-electron chi connectivity index (χ4n) is 4.28. The van der Waals surface area contributed by atoms with Gasteiger partial charge in [-0.15, -0.1) is 0 Å². The van der Waals surface area contributed by atoms with Crippen LogP contribution in [0.1, 0.15) is 28.8 Å². The zero-order valence-electron chi connectivity index (χ0n) is 19.3. The number of carbonyl (C=O) groups excluding carboxylic acids is 1. The van der Waals surface area contributed by atoms with Crippen molar-refractivity contribution < 1.29 is 19.7 Å². The molecular formula is C27H25Cl2N3O4. The number of carbonyl (C=O) groups is 1. The number of hydrogen-bond acceptors (Lipinski definition) is 6. The molecule has 36 heavy (non-hydrogen) atoms. The van der Waals surface area contributed by atoms with Crippen molar-refractivity contribution in [2.75, 3.05) is 37.7 Å². The van der Waals surface area contributed by atoms with Gasteiger partial charge in [-0.2, -0.15) is 5.26 Å². The summed E-state index contributed by atoms with van der Waals surface area (Å²) in [6, 6.07) is 20.8.